The third-order valence-electron chi connectivity index (χ3n) is 2.28. The van der Waals surface area contributed by atoms with E-state index in [0.717, 1.165) is 4.73 Å². The summed E-state index contributed by atoms with van der Waals surface area (Å²) in [5.74, 6) is -0.141. The van der Waals surface area contributed by atoms with E-state index in [1.54, 1.807) is 42.5 Å². The summed E-state index contributed by atoms with van der Waals surface area (Å²) in [7, 11) is 0. The van der Waals surface area contributed by atoms with Gasteiger partial charge < -0.3 is 10.5 Å². The summed E-state index contributed by atoms with van der Waals surface area (Å²) in [6.07, 6.45) is 0. The summed E-state index contributed by atoms with van der Waals surface area (Å²) >= 11 is 10.6. The molecule has 18 heavy (non-hydrogen) atoms. The molecule has 1 aromatic heterocycles. The third-order valence-corrected chi connectivity index (χ3v) is 2.84. The Balaban J connectivity index is 2.24. The first-order valence-corrected chi connectivity index (χ1v) is 5.85. The number of pyridine rings is 1. The van der Waals surface area contributed by atoms with Crippen molar-refractivity contribution in [1.29, 1.82) is 0 Å². The molecule has 4 nitrogen and oxygen atoms in total. The van der Waals surface area contributed by atoms with Crippen molar-refractivity contribution in [1.82, 2.24) is 4.73 Å². The average molecular weight is 281 g/mol. The molecule has 0 unspecified atom stereocenters. The molecule has 2 rings (SSSR count). The van der Waals surface area contributed by atoms with Crippen LogP contribution < -0.4 is 5.32 Å². The molecule has 0 fully saturated rings. The highest BCUT2D eigenvalue weighted by Gasteiger charge is 2.08. The van der Waals surface area contributed by atoms with Crippen LogP contribution in [0.25, 0.3) is 0 Å². The maximum atomic E-state index is 11.9. The second-order valence-electron chi connectivity index (χ2n) is 3.52. The van der Waals surface area contributed by atoms with Crippen molar-refractivity contribution in [2.24, 2.45) is 0 Å². The number of hydrogen-bond acceptors (Lipinski definition) is 3. The van der Waals surface area contributed by atoms with Gasteiger partial charge in [-0.15, -0.1) is 0 Å². The van der Waals surface area contributed by atoms with Crippen LogP contribution in [0.15, 0.2) is 42.5 Å². The Labute approximate surface area is 113 Å². The molecule has 0 bridgehead atoms. The third kappa shape index (κ3) is 2.69. The fourth-order valence-electron chi connectivity index (χ4n) is 1.37. The predicted molar refractivity (Wildman–Crippen MR) is 71.9 cm³/mol. The van der Waals surface area contributed by atoms with E-state index in [0.29, 0.717) is 10.6 Å². The topological polar surface area (TPSA) is 54.3 Å². The normalized spacial score (nSPS) is 10.1. The van der Waals surface area contributed by atoms with Gasteiger partial charge in [0, 0.05) is 10.6 Å². The summed E-state index contributed by atoms with van der Waals surface area (Å²) in [5, 5.41) is 12.7. The van der Waals surface area contributed by atoms with Crippen LogP contribution in [0.2, 0.25) is 5.02 Å². The molecule has 0 saturated heterocycles. The number of carbonyl (C=O) groups excluding carboxylic acids is 1. The van der Waals surface area contributed by atoms with Crippen LogP contribution in [0.5, 0.6) is 0 Å². The first kappa shape index (κ1) is 12.6. The van der Waals surface area contributed by atoms with E-state index >= 15 is 0 Å². The Morgan fingerprint density at radius 3 is 2.56 bits per heavy atom. The minimum atomic E-state index is -0.352. The van der Waals surface area contributed by atoms with E-state index in [9.17, 15) is 10.0 Å². The standard InChI is InChI=1S/C12H9ClN2O2S/c13-9-6-4-8(5-7-9)12(16)14-10-2-1-3-11(18)15(10)17/h1-7,17H,(H,14,16). The number of aromatic nitrogens is 1. The van der Waals surface area contributed by atoms with Crippen LogP contribution in [0, 0.1) is 4.64 Å². The summed E-state index contributed by atoms with van der Waals surface area (Å²) in [4.78, 5) is 11.9. The lowest BCUT2D eigenvalue weighted by Crippen LogP contribution is -2.15. The molecule has 92 valence electrons. The van der Waals surface area contributed by atoms with Crippen molar-refractivity contribution in [2.75, 3.05) is 5.32 Å². The Hall–Kier alpha value is -1.85. The summed E-state index contributed by atoms with van der Waals surface area (Å²) in [6.45, 7) is 0. The van der Waals surface area contributed by atoms with E-state index in [1.807, 2.05) is 0 Å². The van der Waals surface area contributed by atoms with Crippen molar-refractivity contribution in [3.63, 3.8) is 0 Å². The van der Waals surface area contributed by atoms with Gasteiger partial charge in [0.2, 0.25) is 0 Å². The maximum absolute atomic E-state index is 11.9. The fraction of sp³-hybridized carbons (Fsp3) is 0. The van der Waals surface area contributed by atoms with Gasteiger partial charge in [0.25, 0.3) is 5.91 Å². The second kappa shape index (κ2) is 5.20. The molecule has 2 aromatic rings. The van der Waals surface area contributed by atoms with Crippen molar-refractivity contribution in [3.8, 4) is 0 Å². The minimum Gasteiger partial charge on any atom is -0.426 e. The molecule has 0 aliphatic rings. The average Bonchev–Trinajstić information content (AvgIpc) is 2.36. The molecule has 0 spiro atoms. The zero-order valence-corrected chi connectivity index (χ0v) is 10.7. The van der Waals surface area contributed by atoms with Crippen molar-refractivity contribution in [2.45, 2.75) is 0 Å². The van der Waals surface area contributed by atoms with Crippen LogP contribution in [-0.2, 0) is 0 Å². The van der Waals surface area contributed by atoms with E-state index in [2.05, 4.69) is 5.32 Å². The van der Waals surface area contributed by atoms with Gasteiger partial charge in [-0.3, -0.25) is 4.79 Å². The molecule has 0 atom stereocenters. The number of anilines is 1. The molecule has 0 radical (unpaired) electrons. The summed E-state index contributed by atoms with van der Waals surface area (Å²) < 4.78 is 0.951. The highest BCUT2D eigenvalue weighted by molar-refractivity contribution is 7.71. The predicted octanol–water partition coefficient (Wildman–Crippen LogP) is 3.36. The van der Waals surface area contributed by atoms with Crippen LogP contribution in [0.4, 0.5) is 5.82 Å². The number of nitrogens with one attached hydrogen (secondary N) is 1. The number of hydrogen-bond donors (Lipinski definition) is 2. The molecule has 1 heterocycles. The number of carbonyl (C=O) groups is 1. The summed E-state index contributed by atoms with van der Waals surface area (Å²) in [5.41, 5.74) is 0.439. The number of nitrogens with zero attached hydrogens (tertiary/aromatic N) is 1. The van der Waals surface area contributed by atoms with Crippen molar-refractivity contribution < 1.29 is 10.0 Å². The van der Waals surface area contributed by atoms with Gasteiger partial charge in [-0.1, -0.05) is 29.9 Å². The lowest BCUT2D eigenvalue weighted by molar-refractivity contribution is 0.102. The number of rotatable bonds is 2. The zero-order valence-electron chi connectivity index (χ0n) is 9.13. The largest absolute Gasteiger partial charge is 0.426 e. The quantitative estimate of drug-likeness (QED) is 0.655. The SMILES string of the molecule is O=C(Nc1cccc(=S)n1O)c1ccc(Cl)cc1. The molecule has 1 aromatic carbocycles. The van der Waals surface area contributed by atoms with Crippen LogP contribution in [0.3, 0.4) is 0 Å². The molecule has 2 N–H and O–H groups in total. The molecular weight excluding hydrogens is 272 g/mol. The monoisotopic (exact) mass is 280 g/mol. The molecule has 0 saturated carbocycles. The highest BCUT2D eigenvalue weighted by atomic mass is 35.5. The first-order valence-electron chi connectivity index (χ1n) is 5.06. The first-order chi connectivity index (χ1) is 8.58. The van der Waals surface area contributed by atoms with Crippen molar-refractivity contribution in [3.05, 3.63) is 57.7 Å². The van der Waals surface area contributed by atoms with Gasteiger partial charge in [-0.25, -0.2) is 0 Å². The lowest BCUT2D eigenvalue weighted by atomic mass is 10.2. The van der Waals surface area contributed by atoms with E-state index in [-0.39, 0.29) is 16.4 Å². The second-order valence-corrected chi connectivity index (χ2v) is 4.38. The van der Waals surface area contributed by atoms with Crippen LogP contribution >= 0.6 is 23.8 Å². The Morgan fingerprint density at radius 1 is 1.22 bits per heavy atom. The van der Waals surface area contributed by atoms with E-state index < -0.39 is 0 Å². The van der Waals surface area contributed by atoms with Gasteiger partial charge in [0.05, 0.1) is 0 Å². The van der Waals surface area contributed by atoms with E-state index in [4.69, 9.17) is 23.8 Å². The number of halogens is 1. The maximum Gasteiger partial charge on any atom is 0.256 e. The van der Waals surface area contributed by atoms with Gasteiger partial charge in [-0.2, -0.15) is 4.73 Å². The smallest absolute Gasteiger partial charge is 0.256 e. The van der Waals surface area contributed by atoms with Crippen LogP contribution in [0.1, 0.15) is 10.4 Å². The molecule has 1 amide bonds. The minimum absolute atomic E-state index is 0.211. The molecular formula is C12H9ClN2O2S. The Morgan fingerprint density at radius 2 is 1.89 bits per heavy atom. The zero-order chi connectivity index (χ0) is 13.1. The molecule has 0 aliphatic carbocycles. The van der Waals surface area contributed by atoms with Gasteiger partial charge in [-0.05, 0) is 36.4 Å². The van der Waals surface area contributed by atoms with Gasteiger partial charge >= 0.3 is 0 Å². The van der Waals surface area contributed by atoms with Gasteiger partial charge in [0.15, 0.2) is 5.82 Å². The lowest BCUT2D eigenvalue weighted by Gasteiger charge is -2.08. The Bertz CT molecular complexity index is 637. The van der Waals surface area contributed by atoms with Gasteiger partial charge in [0.1, 0.15) is 4.64 Å². The summed E-state index contributed by atoms with van der Waals surface area (Å²) in [6, 6.07) is 11.2. The number of amides is 1. The Kier molecular flexibility index (Phi) is 3.64. The highest BCUT2D eigenvalue weighted by Crippen LogP contribution is 2.12. The number of benzene rings is 1. The molecule has 0 aliphatic heterocycles. The van der Waals surface area contributed by atoms with E-state index in [1.165, 1.54) is 0 Å². The van der Waals surface area contributed by atoms with Crippen LogP contribution in [-0.4, -0.2) is 15.8 Å². The molecule has 6 heteroatoms. The van der Waals surface area contributed by atoms with Crippen molar-refractivity contribution >= 4 is 35.5 Å². The fourth-order valence-corrected chi connectivity index (χ4v) is 1.67.